The topological polar surface area (TPSA) is 95.7 Å². The van der Waals surface area contributed by atoms with E-state index in [1.807, 2.05) is 6.07 Å². The van der Waals surface area contributed by atoms with Crippen LogP contribution in [0.4, 0.5) is 0 Å². The minimum Gasteiger partial charge on any atom is -0.493 e. The van der Waals surface area contributed by atoms with Gasteiger partial charge in [0.25, 0.3) is 0 Å². The molecule has 2 unspecified atom stereocenters. The lowest BCUT2D eigenvalue weighted by Crippen LogP contribution is -2.33. The van der Waals surface area contributed by atoms with Gasteiger partial charge in [-0.2, -0.15) is 0 Å². The molecular formula is C25H27NO6. The number of ether oxygens (including phenoxy) is 2. The summed E-state index contributed by atoms with van der Waals surface area (Å²) in [6.45, 7) is 4.61. The van der Waals surface area contributed by atoms with Crippen LogP contribution in [0, 0.1) is 16.0 Å². The van der Waals surface area contributed by atoms with Gasteiger partial charge in [0.1, 0.15) is 5.75 Å². The monoisotopic (exact) mass is 437 g/mol. The summed E-state index contributed by atoms with van der Waals surface area (Å²) in [6.07, 6.45) is 2.15. The molecule has 1 aliphatic carbocycles. The number of nitro groups is 1. The molecule has 0 spiro atoms. The highest BCUT2D eigenvalue weighted by Gasteiger charge is 2.39. The lowest BCUT2D eigenvalue weighted by atomic mass is 9.71. The van der Waals surface area contributed by atoms with Crippen LogP contribution in [0.5, 0.6) is 5.75 Å². The molecule has 2 atom stereocenters. The fourth-order valence-corrected chi connectivity index (χ4v) is 4.90. The average molecular weight is 437 g/mol. The van der Waals surface area contributed by atoms with E-state index in [-0.39, 0.29) is 22.7 Å². The zero-order valence-corrected chi connectivity index (χ0v) is 18.6. The quantitative estimate of drug-likeness (QED) is 0.392. The molecule has 0 saturated heterocycles. The van der Waals surface area contributed by atoms with Crippen LogP contribution in [0.25, 0.3) is 0 Å². The van der Waals surface area contributed by atoms with Gasteiger partial charge in [-0.05, 0) is 54.0 Å². The number of nitrogens with zero attached hydrogens (tertiary/aromatic N) is 1. The van der Waals surface area contributed by atoms with Crippen LogP contribution >= 0.6 is 0 Å². The molecule has 0 amide bonds. The van der Waals surface area contributed by atoms with Crippen LogP contribution in [0.15, 0.2) is 36.4 Å². The predicted octanol–water partition coefficient (Wildman–Crippen LogP) is 4.34. The summed E-state index contributed by atoms with van der Waals surface area (Å²) < 4.78 is 10.6. The third-order valence-corrected chi connectivity index (χ3v) is 6.84. The summed E-state index contributed by atoms with van der Waals surface area (Å²) in [7, 11) is 1.30. The Morgan fingerprint density at radius 3 is 2.66 bits per heavy atom. The fourth-order valence-electron chi connectivity index (χ4n) is 4.90. The van der Waals surface area contributed by atoms with E-state index in [1.54, 1.807) is 24.3 Å². The molecule has 0 N–H and O–H groups in total. The molecule has 0 bridgehead atoms. The predicted molar refractivity (Wildman–Crippen MR) is 118 cm³/mol. The van der Waals surface area contributed by atoms with Gasteiger partial charge in [-0.3, -0.25) is 14.9 Å². The molecule has 0 saturated carbocycles. The highest BCUT2D eigenvalue weighted by Crippen LogP contribution is 2.43. The standard InChI is InChI=1S/C25H27NO6/c1-25(2)10-11-32-22-13-19-17(12-21(22)25)8-9-18(23(19)27)20(14-26(29)30)15-4-6-16(7-5-15)24(28)31-3/h4-7,12-13,18,20H,8-11,14H2,1-3H3. The van der Waals surface area contributed by atoms with Crippen LogP contribution in [0.2, 0.25) is 0 Å². The number of hydrogen-bond donors (Lipinski definition) is 0. The van der Waals surface area contributed by atoms with Crippen molar-refractivity contribution in [1.82, 2.24) is 0 Å². The van der Waals surface area contributed by atoms with Crippen LogP contribution < -0.4 is 4.74 Å². The number of hydrogen-bond acceptors (Lipinski definition) is 6. The lowest BCUT2D eigenvalue weighted by Gasteiger charge is -2.35. The maximum Gasteiger partial charge on any atom is 0.337 e. The Morgan fingerprint density at radius 2 is 2.00 bits per heavy atom. The van der Waals surface area contributed by atoms with Crippen molar-refractivity contribution in [1.29, 1.82) is 0 Å². The Hall–Kier alpha value is -3.22. The summed E-state index contributed by atoms with van der Waals surface area (Å²) in [5.74, 6) is -0.901. The molecule has 0 aromatic heterocycles. The molecule has 7 heteroatoms. The first kappa shape index (κ1) is 22.0. The summed E-state index contributed by atoms with van der Waals surface area (Å²) in [5.41, 5.74) is 3.74. The van der Waals surface area contributed by atoms with E-state index in [0.29, 0.717) is 36.1 Å². The van der Waals surface area contributed by atoms with Gasteiger partial charge >= 0.3 is 5.97 Å². The van der Waals surface area contributed by atoms with E-state index in [9.17, 15) is 19.7 Å². The zero-order chi connectivity index (χ0) is 23.0. The molecule has 1 aliphatic heterocycles. The molecule has 2 aromatic carbocycles. The van der Waals surface area contributed by atoms with Crippen molar-refractivity contribution >= 4 is 11.8 Å². The van der Waals surface area contributed by atoms with Gasteiger partial charge in [-0.15, -0.1) is 0 Å². The van der Waals surface area contributed by atoms with Gasteiger partial charge in [0.05, 0.1) is 25.2 Å². The largest absolute Gasteiger partial charge is 0.493 e. The van der Waals surface area contributed by atoms with Gasteiger partial charge in [-0.25, -0.2) is 4.79 Å². The molecule has 2 aliphatic rings. The van der Waals surface area contributed by atoms with Gasteiger partial charge < -0.3 is 9.47 Å². The number of carbonyl (C=O) groups is 2. The first-order valence-corrected chi connectivity index (χ1v) is 10.9. The van der Waals surface area contributed by atoms with Crippen LogP contribution in [0.3, 0.4) is 0 Å². The van der Waals surface area contributed by atoms with Crippen LogP contribution in [-0.2, 0) is 16.6 Å². The van der Waals surface area contributed by atoms with Crippen molar-refractivity contribution in [3.8, 4) is 5.75 Å². The number of fused-ring (bicyclic) bond motifs is 2. The smallest absolute Gasteiger partial charge is 0.337 e. The summed E-state index contributed by atoms with van der Waals surface area (Å²) in [6, 6.07) is 10.5. The minimum absolute atomic E-state index is 0.0158. The Morgan fingerprint density at radius 1 is 1.28 bits per heavy atom. The third kappa shape index (κ3) is 3.99. The van der Waals surface area contributed by atoms with Gasteiger partial charge in [0.15, 0.2) is 5.78 Å². The van der Waals surface area contributed by atoms with E-state index in [4.69, 9.17) is 9.47 Å². The van der Waals surface area contributed by atoms with Gasteiger partial charge in [0.2, 0.25) is 6.54 Å². The first-order valence-electron chi connectivity index (χ1n) is 10.9. The minimum atomic E-state index is -0.578. The van der Waals surface area contributed by atoms with Crippen LogP contribution in [-0.4, -0.2) is 36.9 Å². The fraction of sp³-hybridized carbons (Fsp3) is 0.440. The second kappa shape index (κ2) is 8.37. The van der Waals surface area contributed by atoms with E-state index in [1.165, 1.54) is 7.11 Å². The molecule has 0 fully saturated rings. The Labute approximate surface area is 186 Å². The number of carbonyl (C=O) groups excluding carboxylic acids is 2. The molecule has 7 nitrogen and oxygen atoms in total. The Balaban J connectivity index is 1.68. The van der Waals surface area contributed by atoms with Crippen molar-refractivity contribution in [3.05, 3.63) is 74.3 Å². The van der Waals surface area contributed by atoms with E-state index < -0.39 is 17.8 Å². The average Bonchev–Trinajstić information content (AvgIpc) is 2.77. The van der Waals surface area contributed by atoms with Gasteiger partial charge in [0, 0.05) is 22.0 Å². The number of benzene rings is 2. The summed E-state index contributed by atoms with van der Waals surface area (Å²) in [5, 5.41) is 11.5. The van der Waals surface area contributed by atoms with Crippen molar-refractivity contribution < 1.29 is 24.0 Å². The highest BCUT2D eigenvalue weighted by molar-refractivity contribution is 6.01. The number of rotatable bonds is 5. The number of aryl methyl sites for hydroxylation is 1. The van der Waals surface area contributed by atoms with Crippen molar-refractivity contribution in [2.75, 3.05) is 20.3 Å². The molecule has 168 valence electrons. The molecule has 1 heterocycles. The first-order chi connectivity index (χ1) is 15.2. The van der Waals surface area contributed by atoms with Crippen molar-refractivity contribution in [3.63, 3.8) is 0 Å². The normalized spacial score (nSPS) is 19.8. The molecular weight excluding hydrogens is 410 g/mol. The summed E-state index contributed by atoms with van der Waals surface area (Å²) >= 11 is 0. The Kier molecular flexibility index (Phi) is 5.75. The lowest BCUT2D eigenvalue weighted by molar-refractivity contribution is -0.484. The van der Waals surface area contributed by atoms with E-state index in [2.05, 4.69) is 19.9 Å². The number of ketones is 1. The van der Waals surface area contributed by atoms with Crippen LogP contribution in [0.1, 0.15) is 70.0 Å². The molecule has 32 heavy (non-hydrogen) atoms. The van der Waals surface area contributed by atoms with Crippen molar-refractivity contribution in [2.45, 2.75) is 44.4 Å². The third-order valence-electron chi connectivity index (χ3n) is 6.84. The molecule has 4 rings (SSSR count). The van der Waals surface area contributed by atoms with Gasteiger partial charge in [-0.1, -0.05) is 32.0 Å². The molecule has 2 aromatic rings. The number of methoxy groups -OCH3 is 1. The maximum absolute atomic E-state index is 13.5. The summed E-state index contributed by atoms with van der Waals surface area (Å²) in [4.78, 5) is 36.3. The zero-order valence-electron chi connectivity index (χ0n) is 18.6. The maximum atomic E-state index is 13.5. The SMILES string of the molecule is COC(=O)c1ccc(C(C[N+](=O)[O-])C2CCc3cc4c(cc3C2=O)OCCC4(C)C)cc1. The number of Topliss-reactive ketones (excluding diaryl/α,β-unsaturated/α-hetero) is 1. The number of esters is 1. The Bertz CT molecular complexity index is 1070. The van der Waals surface area contributed by atoms with E-state index in [0.717, 1.165) is 23.3 Å². The second-order valence-electron chi connectivity index (χ2n) is 9.23. The molecule has 0 radical (unpaired) electrons. The van der Waals surface area contributed by atoms with Crippen molar-refractivity contribution in [2.24, 2.45) is 5.92 Å². The van der Waals surface area contributed by atoms with E-state index >= 15 is 0 Å². The second-order valence-corrected chi connectivity index (χ2v) is 9.23. The highest BCUT2D eigenvalue weighted by atomic mass is 16.6.